The van der Waals surface area contributed by atoms with E-state index >= 15 is 0 Å². The number of carbonyl (C=O) groups is 1. The Morgan fingerprint density at radius 2 is 1.54 bits per heavy atom. The van der Waals surface area contributed by atoms with Crippen molar-refractivity contribution < 1.29 is 13.2 Å². The molecule has 0 fully saturated rings. The van der Waals surface area contributed by atoms with Gasteiger partial charge in [-0.2, -0.15) is 0 Å². The minimum absolute atomic E-state index is 0.0504. The molecule has 5 nitrogen and oxygen atoms in total. The predicted octanol–water partition coefficient (Wildman–Crippen LogP) is 3.42. The zero-order chi connectivity index (χ0) is 20.1. The molecule has 0 aliphatic rings. The largest absolute Gasteiger partial charge is 0.341 e. The number of benzene rings is 3. The lowest BCUT2D eigenvalue weighted by molar-refractivity contribution is 0.0942. The standard InChI is InChI=1S/C22H22N2O3S/c1-16-8-6-11-18(14-16)21(17-9-4-3-5-10-17)24-22(25)19-12-7-13-20(15-19)28(26,27)23-2/h3-15,21,23H,1-2H3,(H,24,25)/t21-/m1/s1. The minimum Gasteiger partial charge on any atom is -0.341 e. The van der Waals surface area contributed by atoms with Crippen LogP contribution in [0.4, 0.5) is 0 Å². The lowest BCUT2D eigenvalue weighted by Gasteiger charge is -2.20. The SMILES string of the molecule is CNS(=O)(=O)c1cccc(C(=O)N[C@H](c2ccccc2)c2cccc(C)c2)c1. The zero-order valence-electron chi connectivity index (χ0n) is 15.7. The highest BCUT2D eigenvalue weighted by Gasteiger charge is 2.19. The van der Waals surface area contributed by atoms with Crippen LogP contribution in [-0.4, -0.2) is 21.4 Å². The summed E-state index contributed by atoms with van der Waals surface area (Å²) in [6.45, 7) is 2.00. The Kier molecular flexibility index (Phi) is 5.92. The van der Waals surface area contributed by atoms with Crippen molar-refractivity contribution in [3.8, 4) is 0 Å². The number of aryl methyl sites for hydroxylation is 1. The van der Waals surface area contributed by atoms with Crippen molar-refractivity contribution in [3.63, 3.8) is 0 Å². The van der Waals surface area contributed by atoms with E-state index in [1.54, 1.807) is 12.1 Å². The Bertz CT molecular complexity index is 1080. The first-order valence-electron chi connectivity index (χ1n) is 8.87. The zero-order valence-corrected chi connectivity index (χ0v) is 16.5. The van der Waals surface area contributed by atoms with E-state index in [0.29, 0.717) is 0 Å². The van der Waals surface area contributed by atoms with Crippen molar-refractivity contribution in [2.45, 2.75) is 17.9 Å². The van der Waals surface area contributed by atoms with Gasteiger partial charge < -0.3 is 5.32 Å². The second-order valence-electron chi connectivity index (χ2n) is 6.47. The third kappa shape index (κ3) is 4.47. The van der Waals surface area contributed by atoms with Gasteiger partial charge in [-0.1, -0.05) is 66.2 Å². The molecule has 0 saturated heterocycles. The van der Waals surface area contributed by atoms with Gasteiger partial charge in [0.25, 0.3) is 5.91 Å². The molecule has 144 valence electrons. The van der Waals surface area contributed by atoms with Crippen molar-refractivity contribution in [3.05, 3.63) is 101 Å². The van der Waals surface area contributed by atoms with Crippen molar-refractivity contribution >= 4 is 15.9 Å². The van der Waals surface area contributed by atoms with E-state index in [2.05, 4.69) is 10.0 Å². The van der Waals surface area contributed by atoms with E-state index in [4.69, 9.17) is 0 Å². The summed E-state index contributed by atoms with van der Waals surface area (Å²) in [6.07, 6.45) is 0. The molecule has 3 aromatic carbocycles. The Morgan fingerprint density at radius 3 is 2.21 bits per heavy atom. The van der Waals surface area contributed by atoms with E-state index in [1.807, 2.05) is 61.5 Å². The number of hydrogen-bond donors (Lipinski definition) is 2. The fourth-order valence-electron chi connectivity index (χ4n) is 2.99. The van der Waals surface area contributed by atoms with Gasteiger partial charge in [0.05, 0.1) is 10.9 Å². The van der Waals surface area contributed by atoms with Gasteiger partial charge in [-0.3, -0.25) is 4.79 Å². The van der Waals surface area contributed by atoms with E-state index in [1.165, 1.54) is 19.2 Å². The number of hydrogen-bond acceptors (Lipinski definition) is 3. The summed E-state index contributed by atoms with van der Waals surface area (Å²) in [5.41, 5.74) is 3.28. The van der Waals surface area contributed by atoms with E-state index in [-0.39, 0.29) is 22.4 Å². The molecule has 0 bridgehead atoms. The molecular formula is C22H22N2O3S. The molecular weight excluding hydrogens is 372 g/mol. The molecule has 3 aromatic rings. The van der Waals surface area contributed by atoms with Gasteiger partial charge in [-0.15, -0.1) is 0 Å². The van der Waals surface area contributed by atoms with Gasteiger partial charge >= 0.3 is 0 Å². The van der Waals surface area contributed by atoms with Crippen molar-refractivity contribution in [2.24, 2.45) is 0 Å². The third-order valence-corrected chi connectivity index (χ3v) is 5.87. The smallest absolute Gasteiger partial charge is 0.252 e. The second-order valence-corrected chi connectivity index (χ2v) is 8.35. The van der Waals surface area contributed by atoms with E-state index < -0.39 is 10.0 Å². The van der Waals surface area contributed by atoms with Crippen molar-refractivity contribution in [2.75, 3.05) is 7.05 Å². The lowest BCUT2D eigenvalue weighted by atomic mass is 9.97. The number of sulfonamides is 1. The monoisotopic (exact) mass is 394 g/mol. The molecule has 0 radical (unpaired) electrons. The van der Waals surface area contributed by atoms with Crippen LogP contribution < -0.4 is 10.0 Å². The maximum Gasteiger partial charge on any atom is 0.252 e. The minimum atomic E-state index is -3.62. The molecule has 2 N–H and O–H groups in total. The van der Waals surface area contributed by atoms with Gasteiger partial charge in [0.2, 0.25) is 10.0 Å². The van der Waals surface area contributed by atoms with Crippen LogP contribution in [0.15, 0.2) is 83.8 Å². The predicted molar refractivity (Wildman–Crippen MR) is 110 cm³/mol. The first-order chi connectivity index (χ1) is 13.4. The molecule has 1 amide bonds. The van der Waals surface area contributed by atoms with Crippen LogP contribution in [0.3, 0.4) is 0 Å². The highest BCUT2D eigenvalue weighted by atomic mass is 32.2. The summed E-state index contributed by atoms with van der Waals surface area (Å²) in [5, 5.41) is 3.04. The fourth-order valence-corrected chi connectivity index (χ4v) is 3.77. The molecule has 0 aromatic heterocycles. The highest BCUT2D eigenvalue weighted by molar-refractivity contribution is 7.89. The molecule has 1 atom stereocenters. The molecule has 0 unspecified atom stereocenters. The fraction of sp³-hybridized carbons (Fsp3) is 0.136. The summed E-state index contributed by atoms with van der Waals surface area (Å²) < 4.78 is 26.3. The second kappa shape index (κ2) is 8.37. The molecule has 6 heteroatoms. The van der Waals surface area contributed by atoms with Crippen LogP contribution in [0.5, 0.6) is 0 Å². The number of carbonyl (C=O) groups excluding carboxylic acids is 1. The molecule has 0 heterocycles. The molecule has 28 heavy (non-hydrogen) atoms. The Labute approximate surface area is 165 Å². The maximum absolute atomic E-state index is 12.9. The molecule has 0 aliphatic heterocycles. The Hall–Kier alpha value is -2.96. The number of nitrogens with one attached hydrogen (secondary N) is 2. The Morgan fingerprint density at radius 1 is 0.857 bits per heavy atom. The number of amides is 1. The van der Waals surface area contributed by atoms with Gasteiger partial charge in [-0.05, 0) is 43.3 Å². The summed E-state index contributed by atoms with van der Waals surface area (Å²) in [6, 6.07) is 23.3. The highest BCUT2D eigenvalue weighted by Crippen LogP contribution is 2.23. The molecule has 3 rings (SSSR count). The first kappa shape index (κ1) is 19.8. The van der Waals surface area contributed by atoms with Gasteiger partial charge in [0, 0.05) is 5.56 Å². The normalized spacial score (nSPS) is 12.4. The van der Waals surface area contributed by atoms with Crippen molar-refractivity contribution in [1.82, 2.24) is 10.0 Å². The van der Waals surface area contributed by atoms with E-state index in [9.17, 15) is 13.2 Å². The van der Waals surface area contributed by atoms with Crippen LogP contribution in [0.2, 0.25) is 0 Å². The van der Waals surface area contributed by atoms with Crippen LogP contribution >= 0.6 is 0 Å². The maximum atomic E-state index is 12.9. The lowest BCUT2D eigenvalue weighted by Crippen LogP contribution is -2.29. The first-order valence-corrected chi connectivity index (χ1v) is 10.3. The summed E-state index contributed by atoms with van der Waals surface area (Å²) in [5.74, 6) is -0.344. The summed E-state index contributed by atoms with van der Waals surface area (Å²) in [4.78, 5) is 13.0. The quantitative estimate of drug-likeness (QED) is 0.673. The average Bonchev–Trinajstić information content (AvgIpc) is 2.72. The number of rotatable bonds is 6. The van der Waals surface area contributed by atoms with Gasteiger partial charge in [0.1, 0.15) is 0 Å². The van der Waals surface area contributed by atoms with Crippen LogP contribution in [0.1, 0.15) is 33.1 Å². The summed E-state index contributed by atoms with van der Waals surface area (Å²) in [7, 11) is -2.28. The molecule has 0 aliphatic carbocycles. The average molecular weight is 394 g/mol. The van der Waals surface area contributed by atoms with Crippen LogP contribution in [0, 0.1) is 6.92 Å². The van der Waals surface area contributed by atoms with Gasteiger partial charge in [-0.25, -0.2) is 13.1 Å². The molecule has 0 saturated carbocycles. The van der Waals surface area contributed by atoms with Crippen LogP contribution in [0.25, 0.3) is 0 Å². The van der Waals surface area contributed by atoms with Gasteiger partial charge in [0.15, 0.2) is 0 Å². The van der Waals surface area contributed by atoms with E-state index in [0.717, 1.165) is 16.7 Å². The Balaban J connectivity index is 1.96. The van der Waals surface area contributed by atoms with Crippen molar-refractivity contribution in [1.29, 1.82) is 0 Å². The third-order valence-electron chi connectivity index (χ3n) is 4.46. The summed E-state index contributed by atoms with van der Waals surface area (Å²) >= 11 is 0. The van der Waals surface area contributed by atoms with Crippen LogP contribution in [-0.2, 0) is 10.0 Å². The molecule has 0 spiro atoms. The topological polar surface area (TPSA) is 75.3 Å².